The smallest absolute Gasteiger partial charge is 0.351 e. The molecule has 13 heteroatoms. The minimum absolute atomic E-state index is 0.0278. The van der Waals surface area contributed by atoms with Crippen molar-refractivity contribution in [2.75, 3.05) is 36.5 Å². The summed E-state index contributed by atoms with van der Waals surface area (Å²) in [6, 6.07) is 8.29. The number of carbonyl (C=O) groups excluding carboxylic acids is 1. The highest BCUT2D eigenvalue weighted by Gasteiger charge is 2.28. The monoisotopic (exact) mass is 557 g/mol. The third kappa shape index (κ3) is 5.49. The van der Waals surface area contributed by atoms with E-state index in [1.807, 2.05) is 12.4 Å². The molecule has 0 N–H and O–H groups in total. The van der Waals surface area contributed by atoms with Crippen molar-refractivity contribution in [1.29, 1.82) is 5.26 Å². The lowest BCUT2D eigenvalue weighted by Gasteiger charge is -2.40. The average Bonchev–Trinajstić information content (AvgIpc) is 3.35. The quantitative estimate of drug-likeness (QED) is 0.312. The Morgan fingerprint density at radius 2 is 1.93 bits per heavy atom. The second-order valence-corrected chi connectivity index (χ2v) is 9.62. The van der Waals surface area contributed by atoms with Crippen molar-refractivity contribution in [3.63, 3.8) is 0 Å². The summed E-state index contributed by atoms with van der Waals surface area (Å²) in [4.78, 5) is 41.9. The minimum Gasteiger partial charge on any atom is -0.468 e. The molecule has 4 heterocycles. The van der Waals surface area contributed by atoms with Gasteiger partial charge in [-0.3, -0.25) is 4.79 Å². The molecule has 5 rings (SSSR count). The molecule has 1 atom stereocenters. The maximum absolute atomic E-state index is 15.2. The highest BCUT2D eigenvalue weighted by Crippen LogP contribution is 2.29. The van der Waals surface area contributed by atoms with E-state index in [0.717, 1.165) is 27.6 Å². The van der Waals surface area contributed by atoms with E-state index in [2.05, 4.69) is 54.5 Å². The average molecular weight is 558 g/mol. The Hall–Kier alpha value is -5.12. The molecule has 41 heavy (non-hydrogen) atoms. The minimum atomic E-state index is -0.682. The van der Waals surface area contributed by atoms with Crippen molar-refractivity contribution in [3.05, 3.63) is 76.6 Å². The second-order valence-electron chi connectivity index (χ2n) is 9.62. The molecule has 0 unspecified atom stereocenters. The van der Waals surface area contributed by atoms with Crippen molar-refractivity contribution in [3.8, 4) is 22.9 Å². The van der Waals surface area contributed by atoms with E-state index in [-0.39, 0.29) is 18.3 Å². The lowest BCUT2D eigenvalue weighted by atomic mass is 10.0. The van der Waals surface area contributed by atoms with Crippen LogP contribution >= 0.6 is 0 Å². The molecule has 1 saturated heterocycles. The molecule has 0 saturated carbocycles. The number of benzene rings is 1. The van der Waals surface area contributed by atoms with Gasteiger partial charge in [0.05, 0.1) is 18.4 Å². The number of methoxy groups -OCH3 is 1. The van der Waals surface area contributed by atoms with Crippen LogP contribution in [0.25, 0.3) is 16.8 Å². The third-order valence-corrected chi connectivity index (χ3v) is 7.05. The van der Waals surface area contributed by atoms with Crippen molar-refractivity contribution in [1.82, 2.24) is 29.3 Å². The number of nitriles is 1. The highest BCUT2D eigenvalue weighted by atomic mass is 19.1. The van der Waals surface area contributed by atoms with Gasteiger partial charge in [0.2, 0.25) is 5.95 Å². The number of halogens is 1. The van der Waals surface area contributed by atoms with Gasteiger partial charge in [0.25, 0.3) is 0 Å². The van der Waals surface area contributed by atoms with E-state index < -0.39 is 17.5 Å². The summed E-state index contributed by atoms with van der Waals surface area (Å²) in [5.74, 6) is -0.0819. The van der Waals surface area contributed by atoms with Crippen LogP contribution in [0.3, 0.4) is 0 Å². The molecule has 0 radical (unpaired) electrons. The molecule has 1 fully saturated rings. The van der Waals surface area contributed by atoms with E-state index in [9.17, 15) is 14.9 Å². The van der Waals surface area contributed by atoms with E-state index in [1.54, 1.807) is 18.3 Å². The number of hydrogen-bond acceptors (Lipinski definition) is 10. The van der Waals surface area contributed by atoms with Crippen LogP contribution in [0.2, 0.25) is 0 Å². The summed E-state index contributed by atoms with van der Waals surface area (Å²) in [5, 5.41) is 13.8. The Morgan fingerprint density at radius 3 is 2.59 bits per heavy atom. The zero-order valence-electron chi connectivity index (χ0n) is 22.9. The van der Waals surface area contributed by atoms with Crippen molar-refractivity contribution >= 4 is 17.7 Å². The Bertz CT molecular complexity index is 1680. The molecular formula is C28H28FN9O3. The number of ether oxygens (including phenoxy) is 1. The molecule has 3 aromatic heterocycles. The molecule has 0 aliphatic carbocycles. The van der Waals surface area contributed by atoms with Gasteiger partial charge in [-0.1, -0.05) is 13.0 Å². The molecule has 4 aromatic rings. The molecular weight excluding hydrogens is 529 g/mol. The van der Waals surface area contributed by atoms with Gasteiger partial charge in [-0.25, -0.2) is 33.4 Å². The predicted molar refractivity (Wildman–Crippen MR) is 148 cm³/mol. The molecule has 1 aromatic carbocycles. The summed E-state index contributed by atoms with van der Waals surface area (Å²) < 4.78 is 21.6. The van der Waals surface area contributed by atoms with Crippen LogP contribution in [0.4, 0.5) is 16.2 Å². The fraction of sp³-hybridized carbons (Fsp3) is 0.321. The molecule has 0 amide bonds. The predicted octanol–water partition coefficient (Wildman–Crippen LogP) is 2.35. The second kappa shape index (κ2) is 11.5. The van der Waals surface area contributed by atoms with Gasteiger partial charge >= 0.3 is 11.7 Å². The Morgan fingerprint density at radius 1 is 1.15 bits per heavy atom. The van der Waals surface area contributed by atoms with Crippen LogP contribution in [0, 0.1) is 17.1 Å². The first kappa shape index (κ1) is 27.4. The van der Waals surface area contributed by atoms with Crippen molar-refractivity contribution in [2.45, 2.75) is 32.9 Å². The van der Waals surface area contributed by atoms with Gasteiger partial charge in [0.15, 0.2) is 0 Å². The van der Waals surface area contributed by atoms with Crippen LogP contribution in [0.1, 0.15) is 25.0 Å². The third-order valence-electron chi connectivity index (χ3n) is 7.05. The number of anilines is 2. The number of hydrogen-bond donors (Lipinski definition) is 0. The van der Waals surface area contributed by atoms with E-state index in [4.69, 9.17) is 0 Å². The maximum Gasteiger partial charge on any atom is 0.351 e. The number of rotatable bonds is 7. The van der Waals surface area contributed by atoms with Crippen LogP contribution in [0.5, 0.6) is 0 Å². The molecule has 210 valence electrons. The fourth-order valence-electron chi connectivity index (χ4n) is 4.75. The number of aryl methyl sites for hydroxylation is 1. The van der Waals surface area contributed by atoms with E-state index >= 15 is 4.39 Å². The van der Waals surface area contributed by atoms with Crippen molar-refractivity contribution < 1.29 is 13.9 Å². The Balaban J connectivity index is 1.35. The Labute approximate surface area is 235 Å². The number of aromatic nitrogens is 6. The lowest BCUT2D eigenvalue weighted by molar-refractivity contribution is -0.141. The first-order chi connectivity index (χ1) is 19.8. The summed E-state index contributed by atoms with van der Waals surface area (Å²) >= 11 is 0. The first-order valence-corrected chi connectivity index (χ1v) is 13.1. The maximum atomic E-state index is 15.2. The van der Waals surface area contributed by atoms with Crippen molar-refractivity contribution in [2.24, 2.45) is 0 Å². The zero-order chi connectivity index (χ0) is 29.1. The Kier molecular flexibility index (Phi) is 7.73. The first-order valence-electron chi connectivity index (χ1n) is 13.1. The number of esters is 1. The lowest BCUT2D eigenvalue weighted by Crippen LogP contribution is -2.53. The molecule has 1 aliphatic heterocycles. The SMILES string of the molecule is CCc1cnc(N2CCN(c3ncc(-c4ccc(-n5cnn(CC(=O)OC)c5=O)c(F)c4)cc3C#N)[C@@H](C)C2)nc1. The number of piperazine rings is 1. The van der Waals surface area contributed by atoms with Crippen LogP contribution in [-0.2, 0) is 22.5 Å². The highest BCUT2D eigenvalue weighted by molar-refractivity contribution is 5.70. The topological polar surface area (TPSA) is 135 Å². The number of pyridine rings is 1. The van der Waals surface area contributed by atoms with Gasteiger partial charge < -0.3 is 14.5 Å². The normalized spacial score (nSPS) is 15.0. The number of nitrogens with zero attached hydrogens (tertiary/aromatic N) is 9. The summed E-state index contributed by atoms with van der Waals surface area (Å²) in [6.45, 7) is 5.71. The number of carbonyl (C=O) groups is 1. The zero-order valence-corrected chi connectivity index (χ0v) is 22.9. The van der Waals surface area contributed by atoms with Crippen LogP contribution in [0.15, 0.2) is 54.0 Å². The van der Waals surface area contributed by atoms with Gasteiger partial charge in [-0.2, -0.15) is 10.4 Å². The fourth-order valence-corrected chi connectivity index (χ4v) is 4.75. The van der Waals surface area contributed by atoms with Crippen LogP contribution < -0.4 is 15.5 Å². The molecule has 0 bridgehead atoms. The largest absolute Gasteiger partial charge is 0.468 e. The van der Waals surface area contributed by atoms with Gasteiger partial charge in [0.1, 0.15) is 30.6 Å². The molecule has 12 nitrogen and oxygen atoms in total. The van der Waals surface area contributed by atoms with E-state index in [1.165, 1.54) is 19.2 Å². The molecule has 1 aliphatic rings. The molecule has 0 spiro atoms. The standard InChI is InChI=1S/C28H28FN9O3/c1-4-19-12-32-27(33-13-19)35-7-8-36(18(2)15-35)26-21(11-30)9-22(14-31-26)20-5-6-24(23(29)10-20)37-17-34-38(28(37)40)16-25(39)41-3/h5-6,9-10,12-14,17-18H,4,7-8,15-16H2,1-3H3/t18-/m0/s1. The summed E-state index contributed by atoms with van der Waals surface area (Å²) in [7, 11) is 1.20. The van der Waals surface area contributed by atoms with Crippen LogP contribution in [-0.4, -0.2) is 68.1 Å². The summed E-state index contributed by atoms with van der Waals surface area (Å²) in [6.07, 6.45) is 7.32. The van der Waals surface area contributed by atoms with Gasteiger partial charge in [-0.05, 0) is 42.7 Å². The van der Waals surface area contributed by atoms with Gasteiger partial charge in [0, 0.05) is 49.8 Å². The summed E-state index contributed by atoms with van der Waals surface area (Å²) in [5.41, 5.74) is 1.79. The van der Waals surface area contributed by atoms with Gasteiger partial charge in [-0.15, -0.1) is 0 Å². The van der Waals surface area contributed by atoms with E-state index in [0.29, 0.717) is 48.1 Å².